The van der Waals surface area contributed by atoms with Gasteiger partial charge in [-0.25, -0.2) is 4.57 Å². The summed E-state index contributed by atoms with van der Waals surface area (Å²) in [6.45, 7) is 0. The molecule has 110 valence electrons. The van der Waals surface area contributed by atoms with Gasteiger partial charge in [-0.15, -0.1) is 0 Å². The zero-order valence-corrected chi connectivity index (χ0v) is 12.3. The molecule has 7 heteroatoms. The number of hydrogen-bond donors (Lipinski definition) is 1. The van der Waals surface area contributed by atoms with Gasteiger partial charge in [0.25, 0.3) is 0 Å². The molecule has 3 rings (SSSR count). The molecular formula is C14H14NO5S+. The Bertz CT molecular complexity index is 799. The van der Waals surface area contributed by atoms with E-state index in [1.54, 1.807) is 0 Å². The van der Waals surface area contributed by atoms with Gasteiger partial charge in [-0.05, 0) is 12.1 Å². The van der Waals surface area contributed by atoms with E-state index in [4.69, 9.17) is 4.55 Å². The number of fused-ring (bicyclic) bond motifs is 3. The third-order valence-electron chi connectivity index (χ3n) is 3.06. The van der Waals surface area contributed by atoms with Gasteiger partial charge < -0.3 is 0 Å². The van der Waals surface area contributed by atoms with Crippen LogP contribution < -0.4 is 4.57 Å². The molecule has 1 aromatic carbocycles. The van der Waals surface area contributed by atoms with Crippen LogP contribution in [0.5, 0.6) is 0 Å². The zero-order valence-electron chi connectivity index (χ0n) is 11.5. The highest BCUT2D eigenvalue weighted by Crippen LogP contribution is 2.32. The quantitative estimate of drug-likeness (QED) is 0.538. The summed E-state index contributed by atoms with van der Waals surface area (Å²) < 4.78 is 31.7. The molecule has 0 atom stereocenters. The number of rotatable bonds is 1. The maximum absolute atomic E-state index is 12.0. The molecule has 0 radical (unpaired) electrons. The normalized spacial score (nSPS) is 12.2. The van der Waals surface area contributed by atoms with Gasteiger partial charge in [-0.3, -0.25) is 13.5 Å². The van der Waals surface area contributed by atoms with E-state index >= 15 is 0 Å². The van der Waals surface area contributed by atoms with E-state index in [1.807, 2.05) is 54.2 Å². The molecule has 0 fully saturated rings. The van der Waals surface area contributed by atoms with Crippen molar-refractivity contribution < 1.29 is 26.5 Å². The molecule has 1 N–H and O–H groups in total. The Morgan fingerprint density at radius 1 is 1.05 bits per heavy atom. The number of hydrogen-bond acceptors (Lipinski definition) is 4. The summed E-state index contributed by atoms with van der Waals surface area (Å²) in [7, 11) is -1.33. The van der Waals surface area contributed by atoms with E-state index in [9.17, 15) is 13.2 Å². The average molecular weight is 308 g/mol. The Hall–Kier alpha value is -2.09. The molecule has 6 nitrogen and oxygen atoms in total. The maximum atomic E-state index is 12.0. The van der Waals surface area contributed by atoms with Crippen LogP contribution in [0.4, 0.5) is 0 Å². The standard InChI is InChI=1S/C13H10NO.CH4O4S/c1-14-8-4-7-11-12(14)9-5-2-3-6-10(9)13(11)15;1-5-6(2,3)4/h2-8H,1H3;1H3,(H,2,3,4)/q+1;. The van der Waals surface area contributed by atoms with E-state index in [0.29, 0.717) is 0 Å². The van der Waals surface area contributed by atoms with Crippen molar-refractivity contribution in [2.24, 2.45) is 7.05 Å². The van der Waals surface area contributed by atoms with E-state index in [0.717, 1.165) is 29.5 Å². The second-order valence-corrected chi connectivity index (χ2v) is 5.54. The van der Waals surface area contributed by atoms with Gasteiger partial charge in [-0.1, -0.05) is 18.2 Å². The van der Waals surface area contributed by atoms with Gasteiger partial charge in [0, 0.05) is 11.6 Å². The molecule has 1 aromatic heterocycles. The lowest BCUT2D eigenvalue weighted by Gasteiger charge is -1.96. The van der Waals surface area contributed by atoms with Crippen LogP contribution in [0.15, 0.2) is 42.6 Å². The second kappa shape index (κ2) is 5.72. The number of carbonyl (C=O) groups excluding carboxylic acids is 1. The van der Waals surface area contributed by atoms with Crippen molar-refractivity contribution in [2.75, 3.05) is 7.11 Å². The number of aryl methyl sites for hydroxylation is 1. The predicted molar refractivity (Wildman–Crippen MR) is 75.0 cm³/mol. The Morgan fingerprint density at radius 2 is 1.57 bits per heavy atom. The summed E-state index contributed by atoms with van der Waals surface area (Å²) in [5, 5.41) is 0. The molecule has 0 saturated carbocycles. The van der Waals surface area contributed by atoms with Crippen LogP contribution in [0.2, 0.25) is 0 Å². The van der Waals surface area contributed by atoms with Gasteiger partial charge >= 0.3 is 10.4 Å². The first kappa shape index (κ1) is 15.3. The molecule has 0 saturated heterocycles. The first-order chi connectivity index (χ1) is 9.85. The third-order valence-corrected chi connectivity index (χ3v) is 3.48. The van der Waals surface area contributed by atoms with Crippen LogP contribution in [-0.4, -0.2) is 25.9 Å². The lowest BCUT2D eigenvalue weighted by atomic mass is 10.1. The molecule has 21 heavy (non-hydrogen) atoms. The van der Waals surface area contributed by atoms with Crippen molar-refractivity contribution in [2.45, 2.75) is 0 Å². The SMILES string of the molecule is COS(=O)(=O)O.C[n+]1cccc2c1-c1ccccc1C2=O. The predicted octanol–water partition coefficient (Wildman–Crippen LogP) is 1.16. The van der Waals surface area contributed by atoms with Crippen LogP contribution >= 0.6 is 0 Å². The van der Waals surface area contributed by atoms with Crippen LogP contribution in [0, 0.1) is 0 Å². The fraction of sp³-hybridized carbons (Fsp3) is 0.143. The van der Waals surface area contributed by atoms with Gasteiger partial charge in [0.2, 0.25) is 11.5 Å². The molecule has 0 spiro atoms. The zero-order chi connectivity index (χ0) is 15.6. The van der Waals surface area contributed by atoms with Crippen molar-refractivity contribution in [3.05, 3.63) is 53.7 Å². The third kappa shape index (κ3) is 3.15. The summed E-state index contributed by atoms with van der Waals surface area (Å²) in [4.78, 5) is 12.0. The van der Waals surface area contributed by atoms with Gasteiger partial charge in [0.1, 0.15) is 7.05 Å². The largest absolute Gasteiger partial charge is 0.397 e. The second-order valence-electron chi connectivity index (χ2n) is 4.35. The Morgan fingerprint density at radius 3 is 2.14 bits per heavy atom. The first-order valence-electron chi connectivity index (χ1n) is 6.01. The fourth-order valence-corrected chi connectivity index (χ4v) is 2.16. The smallest absolute Gasteiger partial charge is 0.288 e. The molecule has 0 unspecified atom stereocenters. The maximum Gasteiger partial charge on any atom is 0.397 e. The van der Waals surface area contributed by atoms with Crippen molar-refractivity contribution in [3.8, 4) is 11.3 Å². The summed E-state index contributed by atoms with van der Waals surface area (Å²) in [6.07, 6.45) is 1.97. The topological polar surface area (TPSA) is 84.6 Å². The Balaban J connectivity index is 0.000000232. The minimum Gasteiger partial charge on any atom is -0.288 e. The van der Waals surface area contributed by atoms with E-state index in [1.165, 1.54) is 0 Å². The molecule has 0 bridgehead atoms. The molecule has 1 aliphatic carbocycles. The van der Waals surface area contributed by atoms with Crippen LogP contribution in [0.25, 0.3) is 11.3 Å². The van der Waals surface area contributed by atoms with Crippen LogP contribution in [0.3, 0.4) is 0 Å². The van der Waals surface area contributed by atoms with Gasteiger partial charge in [0.05, 0.1) is 18.2 Å². The lowest BCUT2D eigenvalue weighted by Crippen LogP contribution is -2.30. The molecular weight excluding hydrogens is 294 g/mol. The monoisotopic (exact) mass is 308 g/mol. The number of ketones is 1. The van der Waals surface area contributed by atoms with E-state index in [-0.39, 0.29) is 5.78 Å². The summed E-state index contributed by atoms with van der Waals surface area (Å²) in [5.74, 6) is 0.136. The summed E-state index contributed by atoms with van der Waals surface area (Å²) in [6, 6.07) is 11.5. The fourth-order valence-electron chi connectivity index (χ4n) is 2.16. The minimum absolute atomic E-state index is 0.136. The molecule has 1 heterocycles. The Labute approximate surface area is 122 Å². The summed E-state index contributed by atoms with van der Waals surface area (Å²) >= 11 is 0. The van der Waals surface area contributed by atoms with Crippen molar-refractivity contribution in [1.82, 2.24) is 0 Å². The van der Waals surface area contributed by atoms with Gasteiger partial charge in [0.15, 0.2) is 6.20 Å². The molecule has 1 aliphatic rings. The van der Waals surface area contributed by atoms with Crippen molar-refractivity contribution >= 4 is 16.2 Å². The molecule has 0 aliphatic heterocycles. The van der Waals surface area contributed by atoms with E-state index in [2.05, 4.69) is 4.18 Å². The number of pyridine rings is 1. The molecule has 2 aromatic rings. The average Bonchev–Trinajstić information content (AvgIpc) is 2.74. The minimum atomic E-state index is -4.16. The highest BCUT2D eigenvalue weighted by molar-refractivity contribution is 7.80. The lowest BCUT2D eigenvalue weighted by molar-refractivity contribution is -0.660. The molecule has 0 amide bonds. The van der Waals surface area contributed by atoms with E-state index < -0.39 is 10.4 Å². The number of aromatic nitrogens is 1. The highest BCUT2D eigenvalue weighted by Gasteiger charge is 2.32. The number of benzene rings is 1. The van der Waals surface area contributed by atoms with Gasteiger partial charge in [-0.2, -0.15) is 8.42 Å². The number of nitrogens with zero attached hydrogens (tertiary/aromatic N) is 1. The van der Waals surface area contributed by atoms with Crippen molar-refractivity contribution in [1.29, 1.82) is 0 Å². The summed E-state index contributed by atoms with van der Waals surface area (Å²) in [5.41, 5.74) is 3.69. The number of carbonyl (C=O) groups is 1. The van der Waals surface area contributed by atoms with Crippen molar-refractivity contribution in [3.63, 3.8) is 0 Å². The first-order valence-corrected chi connectivity index (χ1v) is 7.37. The highest BCUT2D eigenvalue weighted by atomic mass is 32.3. The van der Waals surface area contributed by atoms with Crippen LogP contribution in [-0.2, 0) is 21.6 Å². The Kier molecular flexibility index (Phi) is 4.17. The van der Waals surface area contributed by atoms with Crippen LogP contribution in [0.1, 0.15) is 15.9 Å².